The van der Waals surface area contributed by atoms with Crippen LogP contribution in [0.5, 0.6) is 0 Å². The first kappa shape index (κ1) is 33.7. The summed E-state index contributed by atoms with van der Waals surface area (Å²) in [5.41, 5.74) is 0. The van der Waals surface area contributed by atoms with Crippen molar-refractivity contribution in [3.63, 3.8) is 0 Å². The normalized spacial score (nSPS) is 9.86. The molecule has 6 heteroatoms. The van der Waals surface area contributed by atoms with Crippen molar-refractivity contribution in [2.75, 3.05) is 0 Å². The van der Waals surface area contributed by atoms with Gasteiger partial charge >= 0.3 is 24.8 Å². The Labute approximate surface area is 276 Å². The molecule has 0 bridgehead atoms. The van der Waals surface area contributed by atoms with Crippen LogP contribution in [0, 0.1) is 0 Å². The quantitative estimate of drug-likeness (QED) is 0.128. The number of benzene rings is 6. The minimum Gasteiger partial charge on any atom is -0.0622 e. The molecular formula is C36H30IO2P2Re. The molecule has 210 valence electrons. The molecule has 2 nitrogen and oxygen atoms in total. The Hall–Kier alpha value is -2.83. The van der Waals surface area contributed by atoms with Gasteiger partial charge in [-0.3, -0.25) is 0 Å². The fraction of sp³-hybridized carbons (Fsp3) is 0. The average molecular weight is 870 g/mol. The van der Waals surface area contributed by atoms with Crippen LogP contribution in [0.15, 0.2) is 182 Å². The molecule has 0 aliphatic heterocycles. The molecule has 0 unspecified atom stereocenters. The van der Waals surface area contributed by atoms with Gasteiger partial charge in [-0.15, -0.1) is 0 Å². The van der Waals surface area contributed by atoms with Crippen LogP contribution in [-0.4, -0.2) is 0 Å². The molecule has 0 aliphatic carbocycles. The molecule has 6 aromatic carbocycles. The molecule has 6 aromatic rings. The summed E-state index contributed by atoms with van der Waals surface area (Å²) in [5.74, 6) is 0. The summed E-state index contributed by atoms with van der Waals surface area (Å²) in [4.78, 5) is 0. The van der Waals surface area contributed by atoms with Crippen molar-refractivity contribution in [3.8, 4) is 0 Å². The molecule has 0 atom stereocenters. The van der Waals surface area contributed by atoms with E-state index in [1.807, 2.05) is 0 Å². The predicted octanol–water partition coefficient (Wildman–Crippen LogP) is 7.54. The molecule has 0 saturated carbocycles. The average Bonchev–Trinajstić information content (AvgIpc) is 3.05. The van der Waals surface area contributed by atoms with E-state index in [4.69, 9.17) is 6.94 Å². The van der Waals surface area contributed by atoms with E-state index in [-0.39, 0.29) is 24.0 Å². The van der Waals surface area contributed by atoms with Gasteiger partial charge in [0, 0.05) is 24.0 Å². The Balaban J connectivity index is 0.000000207. The number of rotatable bonds is 6. The molecule has 0 aliphatic rings. The minimum atomic E-state index is -2.17. The van der Waals surface area contributed by atoms with Gasteiger partial charge in [-0.1, -0.05) is 182 Å². The Morgan fingerprint density at radius 3 is 0.524 bits per heavy atom. The van der Waals surface area contributed by atoms with E-state index in [0.717, 1.165) is 0 Å². The molecule has 0 amide bonds. The molecule has 0 saturated heterocycles. The maximum Gasteiger partial charge on any atom is -0.0134 e. The molecule has 0 aromatic heterocycles. The van der Waals surface area contributed by atoms with E-state index >= 15 is 0 Å². The predicted molar refractivity (Wildman–Crippen MR) is 186 cm³/mol. The first-order chi connectivity index (χ1) is 20.3. The van der Waals surface area contributed by atoms with Crippen LogP contribution in [0.4, 0.5) is 0 Å². The van der Waals surface area contributed by atoms with E-state index in [1.54, 1.807) is 0 Å². The second kappa shape index (κ2) is 19.4. The third kappa shape index (κ3) is 10.2. The standard InChI is InChI=1S/2C18H15P.I.2O.Re/c2*1-4-10-16(11-5-1)19(17-12-6-2-7-13-17)18-14-8-3-9-15-18;;;;/h2*1-15H;;;;. The summed E-state index contributed by atoms with van der Waals surface area (Å²) < 4.78 is 17.1. The Bertz CT molecular complexity index is 1280. The number of hydrogen-bond donors (Lipinski definition) is 0. The van der Waals surface area contributed by atoms with Crippen LogP contribution < -0.4 is 31.8 Å². The van der Waals surface area contributed by atoms with Gasteiger partial charge in [0.15, 0.2) is 0 Å². The largest absolute Gasteiger partial charge is 0.0622 e. The van der Waals surface area contributed by atoms with Gasteiger partial charge in [0.05, 0.1) is 0 Å². The first-order valence-corrected chi connectivity index (χ1v) is 18.0. The van der Waals surface area contributed by atoms with Gasteiger partial charge in [-0.2, -0.15) is 0 Å². The third-order valence-corrected chi connectivity index (χ3v) is 11.0. The van der Waals surface area contributed by atoms with Gasteiger partial charge in [-0.05, 0) is 47.7 Å². The zero-order valence-corrected chi connectivity index (χ0v) is 29.4. The fourth-order valence-corrected chi connectivity index (χ4v) is 8.97. The molecule has 42 heavy (non-hydrogen) atoms. The van der Waals surface area contributed by atoms with Crippen molar-refractivity contribution in [1.29, 1.82) is 0 Å². The maximum atomic E-state index is 8.53. The van der Waals surface area contributed by atoms with Gasteiger partial charge in [0.25, 0.3) is 0 Å². The summed E-state index contributed by atoms with van der Waals surface area (Å²) in [6, 6.07) is 64.7. The van der Waals surface area contributed by atoms with Crippen molar-refractivity contribution in [3.05, 3.63) is 182 Å². The number of hydrogen-bond acceptors (Lipinski definition) is 2. The van der Waals surface area contributed by atoms with Crippen molar-refractivity contribution in [2.45, 2.75) is 0 Å². The summed E-state index contributed by atoms with van der Waals surface area (Å²) >= 11 is -2.17. The van der Waals surface area contributed by atoms with E-state index < -0.39 is 33.7 Å². The molecule has 0 spiro atoms. The monoisotopic (exact) mass is 870 g/mol. The second-order valence-electron chi connectivity index (χ2n) is 8.75. The molecule has 0 fully saturated rings. The molecule has 1 radical (unpaired) electrons. The second-order valence-corrected chi connectivity index (χ2v) is 13.6. The van der Waals surface area contributed by atoms with Gasteiger partial charge in [0.2, 0.25) is 0 Å². The van der Waals surface area contributed by atoms with Crippen molar-refractivity contribution in [2.24, 2.45) is 0 Å². The first-order valence-electron chi connectivity index (χ1n) is 13.1. The third-order valence-electron chi connectivity index (χ3n) is 6.09. The van der Waals surface area contributed by atoms with E-state index in [0.29, 0.717) is 0 Å². The van der Waals surface area contributed by atoms with Crippen molar-refractivity contribution < 1.29 is 24.8 Å². The zero-order valence-electron chi connectivity index (χ0n) is 22.8. The summed E-state index contributed by atoms with van der Waals surface area (Å²) in [6.45, 7) is 0. The SMILES string of the molecule is [I].[O]=[Re]=[O].c1ccc(P(c2ccccc2)c2ccccc2)cc1.c1ccc(P(c2ccccc2)c2ccccc2)cc1. The Morgan fingerprint density at radius 2 is 0.405 bits per heavy atom. The smallest absolute Gasteiger partial charge is 0.0134 e. The van der Waals surface area contributed by atoms with Crippen LogP contribution in [0.25, 0.3) is 0 Å². The molecular weight excluding hydrogens is 839 g/mol. The molecule has 6 rings (SSSR count). The Kier molecular flexibility index (Phi) is 15.5. The molecule has 0 N–H and O–H groups in total. The van der Waals surface area contributed by atoms with Crippen LogP contribution in [0.3, 0.4) is 0 Å². The van der Waals surface area contributed by atoms with E-state index in [9.17, 15) is 0 Å². The van der Waals surface area contributed by atoms with Gasteiger partial charge < -0.3 is 0 Å². The summed E-state index contributed by atoms with van der Waals surface area (Å²) in [6.07, 6.45) is 0. The zero-order chi connectivity index (χ0) is 28.5. The topological polar surface area (TPSA) is 34.1 Å². The maximum absolute atomic E-state index is 8.53. The summed E-state index contributed by atoms with van der Waals surface area (Å²) in [5, 5.41) is 8.39. The molecule has 0 heterocycles. The van der Waals surface area contributed by atoms with Crippen molar-refractivity contribution >= 4 is 71.6 Å². The minimum absolute atomic E-state index is 0. The summed E-state index contributed by atoms with van der Waals surface area (Å²) in [7, 11) is -0.892. The van der Waals surface area contributed by atoms with Crippen LogP contribution >= 0.6 is 39.8 Å². The van der Waals surface area contributed by atoms with E-state index in [1.165, 1.54) is 31.8 Å². The van der Waals surface area contributed by atoms with Crippen LogP contribution in [-0.2, 0) is 24.8 Å². The van der Waals surface area contributed by atoms with E-state index in [2.05, 4.69) is 182 Å². The number of halogens is 1. The van der Waals surface area contributed by atoms with Crippen molar-refractivity contribution in [1.82, 2.24) is 0 Å². The fourth-order valence-electron chi connectivity index (χ4n) is 4.36. The van der Waals surface area contributed by atoms with Crippen LogP contribution in [0.1, 0.15) is 0 Å². The van der Waals surface area contributed by atoms with Gasteiger partial charge in [-0.25, -0.2) is 0 Å². The van der Waals surface area contributed by atoms with Gasteiger partial charge in [0.1, 0.15) is 0 Å². The van der Waals surface area contributed by atoms with Crippen LogP contribution in [0.2, 0.25) is 0 Å². The Morgan fingerprint density at radius 1 is 0.286 bits per heavy atom.